The molecule has 3 aromatic rings. The number of halogens is 1. The third kappa shape index (κ3) is 4.31. The second-order valence-corrected chi connectivity index (χ2v) is 7.36. The zero-order chi connectivity index (χ0) is 18.6. The average molecular weight is 383 g/mol. The number of hydrogen-bond donors (Lipinski definition) is 0. The van der Waals surface area contributed by atoms with Gasteiger partial charge in [0.25, 0.3) is 0 Å². The minimum atomic E-state index is 0.587. The number of hydrogen-bond acceptors (Lipinski definition) is 5. The first kappa shape index (κ1) is 18.0. The van der Waals surface area contributed by atoms with Gasteiger partial charge in [0.1, 0.15) is 0 Å². The van der Waals surface area contributed by atoms with Crippen LogP contribution < -0.4 is 4.90 Å². The maximum atomic E-state index is 6.05. The van der Waals surface area contributed by atoms with Crippen LogP contribution in [0.25, 0.3) is 11.4 Å². The fraction of sp³-hybridized carbons (Fsp3) is 0.333. The van der Waals surface area contributed by atoms with E-state index < -0.39 is 0 Å². The fourth-order valence-electron chi connectivity index (χ4n) is 3.54. The topological polar surface area (TPSA) is 45.4 Å². The molecule has 140 valence electrons. The van der Waals surface area contributed by atoms with Gasteiger partial charge >= 0.3 is 0 Å². The molecule has 0 N–H and O–H groups in total. The van der Waals surface area contributed by atoms with Gasteiger partial charge in [-0.05, 0) is 37.1 Å². The zero-order valence-electron chi connectivity index (χ0n) is 15.4. The van der Waals surface area contributed by atoms with Crippen molar-refractivity contribution >= 4 is 17.3 Å². The number of aryl methyl sites for hydroxylation is 1. The van der Waals surface area contributed by atoms with Crippen LogP contribution >= 0.6 is 11.6 Å². The van der Waals surface area contributed by atoms with Gasteiger partial charge in [0, 0.05) is 42.5 Å². The van der Waals surface area contributed by atoms with E-state index in [4.69, 9.17) is 16.1 Å². The van der Waals surface area contributed by atoms with Crippen molar-refractivity contribution in [2.45, 2.75) is 19.9 Å². The molecule has 1 aliphatic rings. The quantitative estimate of drug-likeness (QED) is 0.668. The summed E-state index contributed by atoms with van der Waals surface area (Å²) in [5, 5.41) is 4.78. The van der Waals surface area contributed by atoms with Crippen LogP contribution in [0.4, 0.5) is 5.69 Å². The summed E-state index contributed by atoms with van der Waals surface area (Å²) in [6.45, 7) is 6.92. The van der Waals surface area contributed by atoms with E-state index in [9.17, 15) is 0 Å². The fourth-order valence-corrected chi connectivity index (χ4v) is 3.73. The lowest BCUT2D eigenvalue weighted by Crippen LogP contribution is -2.30. The van der Waals surface area contributed by atoms with Crippen molar-refractivity contribution in [1.29, 1.82) is 0 Å². The Kier molecular flexibility index (Phi) is 5.41. The van der Waals surface area contributed by atoms with Crippen molar-refractivity contribution in [1.82, 2.24) is 15.0 Å². The molecule has 0 bridgehead atoms. The van der Waals surface area contributed by atoms with E-state index in [0.717, 1.165) is 38.2 Å². The number of benzene rings is 2. The highest BCUT2D eigenvalue weighted by Crippen LogP contribution is 2.22. The monoisotopic (exact) mass is 382 g/mol. The van der Waals surface area contributed by atoms with Crippen LogP contribution in [0.1, 0.15) is 17.9 Å². The lowest BCUT2D eigenvalue weighted by Gasteiger charge is -2.24. The zero-order valence-corrected chi connectivity index (χ0v) is 16.2. The maximum Gasteiger partial charge on any atom is 0.241 e. The summed E-state index contributed by atoms with van der Waals surface area (Å²) in [6.07, 6.45) is 1.11. The Morgan fingerprint density at radius 1 is 1.04 bits per heavy atom. The molecule has 0 radical (unpaired) electrons. The highest BCUT2D eigenvalue weighted by atomic mass is 35.5. The van der Waals surface area contributed by atoms with Crippen molar-refractivity contribution in [2.24, 2.45) is 0 Å². The molecule has 0 unspecified atom stereocenters. The van der Waals surface area contributed by atoms with Crippen LogP contribution in [-0.2, 0) is 6.54 Å². The first-order valence-electron chi connectivity index (χ1n) is 9.30. The average Bonchev–Trinajstić information content (AvgIpc) is 3.01. The predicted octanol–water partition coefficient (Wildman–Crippen LogP) is 4.41. The Bertz CT molecular complexity index is 910. The van der Waals surface area contributed by atoms with E-state index in [2.05, 4.69) is 51.1 Å². The Morgan fingerprint density at radius 2 is 1.93 bits per heavy atom. The number of anilines is 1. The van der Waals surface area contributed by atoms with Gasteiger partial charge in [-0.15, -0.1) is 0 Å². The van der Waals surface area contributed by atoms with Crippen LogP contribution in [0, 0.1) is 6.92 Å². The molecular formula is C21H23ClN4O. The molecule has 5 nitrogen and oxygen atoms in total. The van der Waals surface area contributed by atoms with E-state index in [-0.39, 0.29) is 0 Å². The van der Waals surface area contributed by atoms with E-state index >= 15 is 0 Å². The molecule has 1 fully saturated rings. The lowest BCUT2D eigenvalue weighted by atomic mass is 10.2. The van der Waals surface area contributed by atoms with Crippen molar-refractivity contribution in [2.75, 3.05) is 31.1 Å². The van der Waals surface area contributed by atoms with Crippen LogP contribution in [0.5, 0.6) is 0 Å². The first-order chi connectivity index (χ1) is 13.2. The number of nitrogens with zero attached hydrogens (tertiary/aromatic N) is 4. The maximum absolute atomic E-state index is 6.05. The van der Waals surface area contributed by atoms with Gasteiger partial charge in [-0.1, -0.05) is 47.1 Å². The van der Waals surface area contributed by atoms with Crippen LogP contribution in [0.2, 0.25) is 5.02 Å². The molecule has 0 saturated carbocycles. The minimum Gasteiger partial charge on any atom is -0.370 e. The van der Waals surface area contributed by atoms with Crippen molar-refractivity contribution in [3.05, 3.63) is 65.0 Å². The van der Waals surface area contributed by atoms with Crippen LogP contribution in [0.3, 0.4) is 0 Å². The summed E-state index contributed by atoms with van der Waals surface area (Å²) in [5.41, 5.74) is 3.54. The Labute approximate surface area is 164 Å². The molecule has 0 atom stereocenters. The molecule has 0 amide bonds. The molecule has 2 aromatic carbocycles. The number of aromatic nitrogens is 2. The van der Waals surface area contributed by atoms with E-state index in [1.54, 1.807) is 0 Å². The molecule has 0 spiro atoms. The largest absolute Gasteiger partial charge is 0.370 e. The third-order valence-electron chi connectivity index (χ3n) is 4.95. The lowest BCUT2D eigenvalue weighted by molar-refractivity contribution is 0.239. The summed E-state index contributed by atoms with van der Waals surface area (Å²) < 4.78 is 5.47. The molecule has 1 aliphatic heterocycles. The summed E-state index contributed by atoms with van der Waals surface area (Å²) in [7, 11) is 0. The van der Waals surface area contributed by atoms with Crippen molar-refractivity contribution < 1.29 is 4.52 Å². The molecule has 27 heavy (non-hydrogen) atoms. The highest BCUT2D eigenvalue weighted by Gasteiger charge is 2.19. The smallest absolute Gasteiger partial charge is 0.241 e. The molecule has 4 rings (SSSR count). The summed E-state index contributed by atoms with van der Waals surface area (Å²) in [5.74, 6) is 1.23. The van der Waals surface area contributed by atoms with Crippen LogP contribution in [-0.4, -0.2) is 41.2 Å². The Hall–Kier alpha value is -2.37. The Morgan fingerprint density at radius 3 is 2.78 bits per heavy atom. The normalized spacial score (nSPS) is 15.7. The van der Waals surface area contributed by atoms with Gasteiger partial charge < -0.3 is 9.42 Å². The SMILES string of the molecule is Cc1ccccc1N1CCCN(Cc2nc(-c3cccc(Cl)c3)no2)CC1. The number of para-hydroxylation sites is 1. The summed E-state index contributed by atoms with van der Waals surface area (Å²) >= 11 is 6.05. The van der Waals surface area contributed by atoms with Gasteiger partial charge in [-0.2, -0.15) is 4.98 Å². The molecule has 0 aliphatic carbocycles. The second kappa shape index (κ2) is 8.11. The Balaban J connectivity index is 1.40. The van der Waals surface area contributed by atoms with Gasteiger partial charge in [0.05, 0.1) is 6.54 Å². The summed E-state index contributed by atoms with van der Waals surface area (Å²) in [6, 6.07) is 16.1. The van der Waals surface area contributed by atoms with Crippen LogP contribution in [0.15, 0.2) is 53.1 Å². The highest BCUT2D eigenvalue weighted by molar-refractivity contribution is 6.30. The molecule has 6 heteroatoms. The van der Waals surface area contributed by atoms with E-state index in [1.165, 1.54) is 11.3 Å². The molecule has 1 aromatic heterocycles. The van der Waals surface area contributed by atoms with E-state index in [1.807, 2.05) is 24.3 Å². The van der Waals surface area contributed by atoms with Gasteiger partial charge in [-0.3, -0.25) is 4.90 Å². The molecule has 1 saturated heterocycles. The second-order valence-electron chi connectivity index (χ2n) is 6.93. The van der Waals surface area contributed by atoms with Crippen molar-refractivity contribution in [3.63, 3.8) is 0 Å². The molecule has 2 heterocycles. The molecular weight excluding hydrogens is 360 g/mol. The third-order valence-corrected chi connectivity index (χ3v) is 5.19. The van der Waals surface area contributed by atoms with Gasteiger partial charge in [-0.25, -0.2) is 0 Å². The standard InChI is InChI=1S/C21H23ClN4O/c1-16-6-2-3-9-19(16)26-11-5-10-25(12-13-26)15-20-23-21(24-27-20)17-7-4-8-18(22)14-17/h2-4,6-9,14H,5,10-13,15H2,1H3. The number of rotatable bonds is 4. The minimum absolute atomic E-state index is 0.587. The van der Waals surface area contributed by atoms with Crippen molar-refractivity contribution in [3.8, 4) is 11.4 Å². The first-order valence-corrected chi connectivity index (χ1v) is 9.68. The summed E-state index contributed by atoms with van der Waals surface area (Å²) in [4.78, 5) is 9.40. The predicted molar refractivity (Wildman–Crippen MR) is 108 cm³/mol. The van der Waals surface area contributed by atoms with Gasteiger partial charge in [0.2, 0.25) is 11.7 Å². The van der Waals surface area contributed by atoms with E-state index in [0.29, 0.717) is 23.3 Å². The van der Waals surface area contributed by atoms with Gasteiger partial charge in [0.15, 0.2) is 0 Å².